The topological polar surface area (TPSA) is 82.6 Å². The van der Waals surface area contributed by atoms with E-state index in [-0.39, 0.29) is 5.41 Å². The highest BCUT2D eigenvalue weighted by molar-refractivity contribution is 5.80. The molecule has 4 aromatic heterocycles. The SMILES string of the molecule is COc1ncccc1-c1cnn2ccc(N3CCc4ncn(CC5(C)COC5)c4C3)nc12. The summed E-state index contributed by atoms with van der Waals surface area (Å²) in [6.07, 6.45) is 8.39. The third-order valence-electron chi connectivity index (χ3n) is 6.38. The number of hydrogen-bond donors (Lipinski definition) is 0. The first-order chi connectivity index (χ1) is 15.6. The van der Waals surface area contributed by atoms with Gasteiger partial charge in [0.05, 0.1) is 56.3 Å². The van der Waals surface area contributed by atoms with Gasteiger partial charge in [-0.05, 0) is 18.2 Å². The van der Waals surface area contributed by atoms with Gasteiger partial charge < -0.3 is 18.9 Å². The summed E-state index contributed by atoms with van der Waals surface area (Å²) in [6, 6.07) is 5.90. The van der Waals surface area contributed by atoms with E-state index in [0.29, 0.717) is 5.88 Å². The fraction of sp³-hybridized carbons (Fsp3) is 0.391. The van der Waals surface area contributed by atoms with Crippen LogP contribution in [0.1, 0.15) is 18.3 Å². The van der Waals surface area contributed by atoms with Crippen LogP contribution in [0, 0.1) is 5.41 Å². The Balaban J connectivity index is 1.33. The fourth-order valence-corrected chi connectivity index (χ4v) is 4.61. The van der Waals surface area contributed by atoms with E-state index in [0.717, 1.165) is 61.9 Å². The van der Waals surface area contributed by atoms with Crippen LogP contribution in [-0.4, -0.2) is 56.0 Å². The Labute approximate surface area is 185 Å². The zero-order chi connectivity index (χ0) is 21.7. The van der Waals surface area contributed by atoms with Gasteiger partial charge in [-0.25, -0.2) is 19.5 Å². The van der Waals surface area contributed by atoms with E-state index in [1.54, 1.807) is 17.8 Å². The van der Waals surface area contributed by atoms with Gasteiger partial charge in [0.15, 0.2) is 5.65 Å². The lowest BCUT2D eigenvalue weighted by molar-refractivity contribution is -0.110. The number of nitrogens with zero attached hydrogens (tertiary/aromatic N) is 7. The Hall–Kier alpha value is -3.46. The first kappa shape index (κ1) is 19.2. The number of fused-ring (bicyclic) bond motifs is 2. The molecule has 1 fully saturated rings. The first-order valence-corrected chi connectivity index (χ1v) is 10.8. The maximum Gasteiger partial charge on any atom is 0.221 e. The molecule has 2 aliphatic rings. The third-order valence-corrected chi connectivity index (χ3v) is 6.38. The van der Waals surface area contributed by atoms with Crippen LogP contribution in [-0.2, 0) is 24.2 Å². The van der Waals surface area contributed by atoms with Crippen molar-refractivity contribution in [1.82, 2.24) is 29.1 Å². The van der Waals surface area contributed by atoms with Crippen molar-refractivity contribution < 1.29 is 9.47 Å². The van der Waals surface area contributed by atoms with E-state index in [1.807, 2.05) is 36.9 Å². The van der Waals surface area contributed by atoms with Crippen molar-refractivity contribution in [2.45, 2.75) is 26.4 Å². The molecule has 0 radical (unpaired) electrons. The smallest absolute Gasteiger partial charge is 0.221 e. The second-order valence-electron chi connectivity index (χ2n) is 8.91. The minimum absolute atomic E-state index is 0.198. The number of hydrogen-bond acceptors (Lipinski definition) is 7. The van der Waals surface area contributed by atoms with E-state index >= 15 is 0 Å². The van der Waals surface area contributed by atoms with Crippen molar-refractivity contribution in [3.8, 4) is 17.0 Å². The van der Waals surface area contributed by atoms with Gasteiger partial charge in [0, 0.05) is 42.9 Å². The molecule has 9 nitrogen and oxygen atoms in total. The van der Waals surface area contributed by atoms with Crippen LogP contribution in [0.2, 0.25) is 0 Å². The van der Waals surface area contributed by atoms with Crippen LogP contribution in [0.3, 0.4) is 0 Å². The van der Waals surface area contributed by atoms with Gasteiger partial charge in [-0.15, -0.1) is 0 Å². The average molecular weight is 432 g/mol. The molecule has 2 aliphatic heterocycles. The van der Waals surface area contributed by atoms with Gasteiger partial charge in [-0.3, -0.25) is 0 Å². The quantitative estimate of drug-likeness (QED) is 0.480. The monoisotopic (exact) mass is 431 g/mol. The molecule has 0 spiro atoms. The number of anilines is 1. The maximum atomic E-state index is 5.46. The summed E-state index contributed by atoms with van der Waals surface area (Å²) < 4.78 is 15.0. The van der Waals surface area contributed by atoms with Gasteiger partial charge >= 0.3 is 0 Å². The predicted molar refractivity (Wildman–Crippen MR) is 119 cm³/mol. The average Bonchev–Trinajstić information content (AvgIpc) is 3.41. The molecule has 9 heteroatoms. The molecule has 6 heterocycles. The lowest BCUT2D eigenvalue weighted by atomic mass is 9.88. The van der Waals surface area contributed by atoms with Gasteiger partial charge in [0.2, 0.25) is 5.88 Å². The van der Waals surface area contributed by atoms with Crippen molar-refractivity contribution in [3.63, 3.8) is 0 Å². The Bertz CT molecular complexity index is 1290. The molecule has 0 bridgehead atoms. The van der Waals surface area contributed by atoms with Crippen molar-refractivity contribution in [3.05, 3.63) is 54.5 Å². The van der Waals surface area contributed by atoms with Gasteiger partial charge in [0.1, 0.15) is 5.82 Å². The minimum Gasteiger partial charge on any atom is -0.481 e. The third kappa shape index (κ3) is 3.12. The van der Waals surface area contributed by atoms with Gasteiger partial charge in [0.25, 0.3) is 0 Å². The molecule has 0 atom stereocenters. The summed E-state index contributed by atoms with van der Waals surface area (Å²) in [6.45, 7) is 6.49. The van der Waals surface area contributed by atoms with Crippen LogP contribution in [0.25, 0.3) is 16.8 Å². The molecule has 0 aromatic carbocycles. The summed E-state index contributed by atoms with van der Waals surface area (Å²) in [5, 5.41) is 4.48. The van der Waals surface area contributed by atoms with Crippen LogP contribution < -0.4 is 9.64 Å². The largest absolute Gasteiger partial charge is 0.481 e. The standard InChI is InChI=1S/C23H25N7O2/c1-23(13-32-14-23)12-29-15-25-18-5-8-28(11-19(18)29)20-6-9-30-21(27-20)17(10-26-30)16-4-3-7-24-22(16)31-2/h3-4,6-7,9-10,15H,5,8,11-14H2,1-2H3. The van der Waals surface area contributed by atoms with E-state index in [2.05, 4.69) is 31.5 Å². The van der Waals surface area contributed by atoms with Crippen molar-refractivity contribution in [2.24, 2.45) is 5.41 Å². The highest BCUT2D eigenvalue weighted by Gasteiger charge is 2.35. The van der Waals surface area contributed by atoms with Crippen LogP contribution in [0.15, 0.2) is 43.1 Å². The summed E-state index contributed by atoms with van der Waals surface area (Å²) in [4.78, 5) is 16.3. The second kappa shape index (κ2) is 7.30. The maximum absolute atomic E-state index is 5.46. The van der Waals surface area contributed by atoms with Crippen molar-refractivity contribution in [1.29, 1.82) is 0 Å². The summed E-state index contributed by atoms with van der Waals surface area (Å²) in [5.74, 6) is 1.49. The second-order valence-corrected chi connectivity index (χ2v) is 8.91. The Morgan fingerprint density at radius 1 is 1.19 bits per heavy atom. The molecule has 164 valence electrons. The molecule has 6 rings (SSSR count). The van der Waals surface area contributed by atoms with E-state index < -0.39 is 0 Å². The summed E-state index contributed by atoms with van der Waals surface area (Å²) >= 11 is 0. The lowest BCUT2D eigenvalue weighted by Gasteiger charge is -2.39. The molecule has 1 saturated heterocycles. The summed E-state index contributed by atoms with van der Waals surface area (Å²) in [7, 11) is 1.63. The van der Waals surface area contributed by atoms with Crippen LogP contribution in [0.5, 0.6) is 5.88 Å². The number of imidazole rings is 1. The molecule has 0 unspecified atom stereocenters. The summed E-state index contributed by atoms with van der Waals surface area (Å²) in [5.41, 5.74) is 5.22. The molecule has 32 heavy (non-hydrogen) atoms. The molecule has 0 N–H and O–H groups in total. The highest BCUT2D eigenvalue weighted by Crippen LogP contribution is 2.33. The Morgan fingerprint density at radius 3 is 2.91 bits per heavy atom. The molecule has 0 amide bonds. The number of pyridine rings is 1. The molecule has 0 aliphatic carbocycles. The van der Waals surface area contributed by atoms with Crippen molar-refractivity contribution in [2.75, 3.05) is 31.8 Å². The fourth-order valence-electron chi connectivity index (χ4n) is 4.61. The zero-order valence-electron chi connectivity index (χ0n) is 18.2. The number of aromatic nitrogens is 6. The first-order valence-electron chi connectivity index (χ1n) is 10.8. The predicted octanol–water partition coefficient (Wildman–Crippen LogP) is 2.60. The Kier molecular flexibility index (Phi) is 4.39. The van der Waals surface area contributed by atoms with E-state index in [9.17, 15) is 0 Å². The van der Waals surface area contributed by atoms with Crippen LogP contribution in [0.4, 0.5) is 5.82 Å². The van der Waals surface area contributed by atoms with Gasteiger partial charge in [-0.1, -0.05) is 6.92 Å². The van der Waals surface area contributed by atoms with Crippen LogP contribution >= 0.6 is 0 Å². The normalized spacial score (nSPS) is 17.2. The Morgan fingerprint density at radius 2 is 2.09 bits per heavy atom. The van der Waals surface area contributed by atoms with E-state index in [4.69, 9.17) is 14.5 Å². The lowest BCUT2D eigenvalue weighted by Crippen LogP contribution is -2.43. The van der Waals surface area contributed by atoms with Crippen molar-refractivity contribution >= 4 is 11.5 Å². The highest BCUT2D eigenvalue weighted by atomic mass is 16.5. The molecule has 0 saturated carbocycles. The number of rotatable bonds is 5. The zero-order valence-corrected chi connectivity index (χ0v) is 18.2. The van der Waals surface area contributed by atoms with E-state index in [1.165, 1.54) is 11.4 Å². The molecule has 4 aromatic rings. The molecular formula is C23H25N7O2. The number of methoxy groups -OCH3 is 1. The molecular weight excluding hydrogens is 406 g/mol. The number of ether oxygens (including phenoxy) is 2. The van der Waals surface area contributed by atoms with Gasteiger partial charge in [-0.2, -0.15) is 5.10 Å². The minimum atomic E-state index is 0.198.